The van der Waals surface area contributed by atoms with Crippen LogP contribution in [0.25, 0.3) is 0 Å². The Morgan fingerprint density at radius 3 is 2.79 bits per heavy atom. The fraction of sp³-hybridized carbons (Fsp3) is 0.385. The summed E-state index contributed by atoms with van der Waals surface area (Å²) in [6, 6.07) is 8.08. The van der Waals surface area contributed by atoms with Crippen LogP contribution in [0, 0.1) is 0 Å². The normalized spacial score (nSPS) is 12.4. The van der Waals surface area contributed by atoms with Gasteiger partial charge in [0.2, 0.25) is 0 Å². The van der Waals surface area contributed by atoms with Crippen molar-refractivity contribution in [3.8, 4) is 0 Å². The van der Waals surface area contributed by atoms with Crippen molar-refractivity contribution in [3.63, 3.8) is 0 Å². The second kappa shape index (κ2) is 5.61. The molecule has 1 atom stereocenters. The smallest absolute Gasteiger partial charge is 0.0795 e. The van der Waals surface area contributed by atoms with Gasteiger partial charge in [0.25, 0.3) is 0 Å². The zero-order valence-electron chi connectivity index (χ0n) is 8.74. The van der Waals surface area contributed by atoms with E-state index in [2.05, 4.69) is 19.6 Å². The first-order valence-corrected chi connectivity index (χ1v) is 5.16. The molecule has 1 aromatic rings. The van der Waals surface area contributed by atoms with E-state index in [0.717, 1.165) is 24.8 Å². The number of rotatable bonds is 5. The highest BCUT2D eigenvalue weighted by Gasteiger charge is 2.09. The van der Waals surface area contributed by atoms with Gasteiger partial charge in [-0.3, -0.25) is 0 Å². The van der Waals surface area contributed by atoms with E-state index in [1.165, 1.54) is 5.56 Å². The molecule has 0 aliphatic heterocycles. The molecule has 1 N–H and O–H groups in total. The van der Waals surface area contributed by atoms with Gasteiger partial charge in [0, 0.05) is 0 Å². The fourth-order valence-corrected chi connectivity index (χ4v) is 1.61. The first-order valence-electron chi connectivity index (χ1n) is 5.16. The standard InChI is InChI=1S/C13H18O/c1-3-5-10-13(14)12-9-7-6-8-11(12)4-2/h3,6-9,13-14H,1,4-5,10H2,2H3. The largest absolute Gasteiger partial charge is 0.388 e. The third-order valence-corrected chi connectivity index (χ3v) is 2.44. The second-order valence-electron chi connectivity index (χ2n) is 3.43. The van der Waals surface area contributed by atoms with Gasteiger partial charge in [-0.05, 0) is 30.4 Å². The van der Waals surface area contributed by atoms with Crippen LogP contribution in [-0.4, -0.2) is 5.11 Å². The minimum absolute atomic E-state index is 0.343. The van der Waals surface area contributed by atoms with Gasteiger partial charge < -0.3 is 5.11 Å². The highest BCUT2D eigenvalue weighted by atomic mass is 16.3. The lowest BCUT2D eigenvalue weighted by molar-refractivity contribution is 0.168. The van der Waals surface area contributed by atoms with Gasteiger partial charge in [-0.25, -0.2) is 0 Å². The number of hydrogen-bond donors (Lipinski definition) is 1. The Morgan fingerprint density at radius 1 is 1.43 bits per heavy atom. The summed E-state index contributed by atoms with van der Waals surface area (Å²) in [5.74, 6) is 0. The van der Waals surface area contributed by atoms with Crippen LogP contribution in [0.5, 0.6) is 0 Å². The topological polar surface area (TPSA) is 20.2 Å². The predicted molar refractivity (Wildman–Crippen MR) is 60.2 cm³/mol. The van der Waals surface area contributed by atoms with E-state index in [1.807, 2.05) is 24.3 Å². The van der Waals surface area contributed by atoms with Gasteiger partial charge in [-0.15, -0.1) is 6.58 Å². The van der Waals surface area contributed by atoms with E-state index < -0.39 is 0 Å². The van der Waals surface area contributed by atoms with Gasteiger partial charge in [0.15, 0.2) is 0 Å². The summed E-state index contributed by atoms with van der Waals surface area (Å²) in [7, 11) is 0. The lowest BCUT2D eigenvalue weighted by Crippen LogP contribution is -2.00. The van der Waals surface area contributed by atoms with E-state index in [9.17, 15) is 5.11 Å². The summed E-state index contributed by atoms with van der Waals surface area (Å²) in [5.41, 5.74) is 2.31. The monoisotopic (exact) mass is 190 g/mol. The Morgan fingerprint density at radius 2 is 2.14 bits per heavy atom. The molecule has 14 heavy (non-hydrogen) atoms. The number of benzene rings is 1. The SMILES string of the molecule is C=CCCC(O)c1ccccc1CC. The molecule has 0 fully saturated rings. The van der Waals surface area contributed by atoms with Crippen molar-refractivity contribution in [2.45, 2.75) is 32.3 Å². The van der Waals surface area contributed by atoms with Crippen LogP contribution >= 0.6 is 0 Å². The fourth-order valence-electron chi connectivity index (χ4n) is 1.61. The summed E-state index contributed by atoms with van der Waals surface area (Å²) in [6.45, 7) is 5.77. The summed E-state index contributed by atoms with van der Waals surface area (Å²) in [6.07, 6.45) is 4.10. The van der Waals surface area contributed by atoms with Crippen LogP contribution in [0.3, 0.4) is 0 Å². The molecule has 1 nitrogen and oxygen atoms in total. The molecule has 0 saturated heterocycles. The highest BCUT2D eigenvalue weighted by molar-refractivity contribution is 5.28. The van der Waals surface area contributed by atoms with Crippen LogP contribution in [0.1, 0.15) is 37.0 Å². The minimum atomic E-state index is -0.343. The minimum Gasteiger partial charge on any atom is -0.388 e. The van der Waals surface area contributed by atoms with Crippen molar-refractivity contribution in [1.82, 2.24) is 0 Å². The lowest BCUT2D eigenvalue weighted by Gasteiger charge is -2.13. The van der Waals surface area contributed by atoms with E-state index in [0.29, 0.717) is 0 Å². The molecule has 0 saturated carbocycles. The van der Waals surface area contributed by atoms with E-state index >= 15 is 0 Å². The van der Waals surface area contributed by atoms with E-state index in [-0.39, 0.29) is 6.10 Å². The van der Waals surface area contributed by atoms with E-state index in [4.69, 9.17) is 0 Å². The summed E-state index contributed by atoms with van der Waals surface area (Å²) in [5, 5.41) is 9.92. The molecule has 0 amide bonds. The molecular weight excluding hydrogens is 172 g/mol. The van der Waals surface area contributed by atoms with Crippen molar-refractivity contribution in [1.29, 1.82) is 0 Å². The van der Waals surface area contributed by atoms with Crippen molar-refractivity contribution < 1.29 is 5.11 Å². The molecule has 76 valence electrons. The summed E-state index contributed by atoms with van der Waals surface area (Å²) < 4.78 is 0. The van der Waals surface area contributed by atoms with Gasteiger partial charge in [-0.1, -0.05) is 37.3 Å². The Hall–Kier alpha value is -1.08. The predicted octanol–water partition coefficient (Wildman–Crippen LogP) is 3.25. The average molecular weight is 190 g/mol. The summed E-state index contributed by atoms with van der Waals surface area (Å²) in [4.78, 5) is 0. The summed E-state index contributed by atoms with van der Waals surface area (Å²) >= 11 is 0. The van der Waals surface area contributed by atoms with Gasteiger partial charge in [0.1, 0.15) is 0 Å². The molecule has 0 spiro atoms. The number of aryl methyl sites for hydroxylation is 1. The molecular formula is C13H18O. The van der Waals surface area contributed by atoms with Crippen molar-refractivity contribution in [3.05, 3.63) is 48.0 Å². The van der Waals surface area contributed by atoms with Gasteiger partial charge in [0.05, 0.1) is 6.10 Å². The van der Waals surface area contributed by atoms with Crippen LogP contribution in [0.2, 0.25) is 0 Å². The van der Waals surface area contributed by atoms with Crippen LogP contribution in [0.15, 0.2) is 36.9 Å². The molecule has 0 heterocycles. The van der Waals surface area contributed by atoms with Crippen molar-refractivity contribution >= 4 is 0 Å². The quantitative estimate of drug-likeness (QED) is 0.707. The molecule has 1 heteroatoms. The Balaban J connectivity index is 2.77. The molecule has 0 bridgehead atoms. The number of allylic oxidation sites excluding steroid dienone is 1. The first kappa shape index (κ1) is 11.0. The van der Waals surface area contributed by atoms with Crippen molar-refractivity contribution in [2.24, 2.45) is 0 Å². The van der Waals surface area contributed by atoms with Crippen LogP contribution < -0.4 is 0 Å². The third-order valence-electron chi connectivity index (χ3n) is 2.44. The average Bonchev–Trinajstić information content (AvgIpc) is 2.25. The van der Waals surface area contributed by atoms with Crippen LogP contribution in [0.4, 0.5) is 0 Å². The Kier molecular flexibility index (Phi) is 4.41. The lowest BCUT2D eigenvalue weighted by atomic mass is 9.98. The highest BCUT2D eigenvalue weighted by Crippen LogP contribution is 2.22. The third kappa shape index (κ3) is 2.71. The zero-order valence-corrected chi connectivity index (χ0v) is 8.74. The van der Waals surface area contributed by atoms with E-state index in [1.54, 1.807) is 0 Å². The molecule has 0 aliphatic rings. The maximum Gasteiger partial charge on any atom is 0.0795 e. The molecule has 1 aromatic carbocycles. The number of aliphatic hydroxyl groups is 1. The van der Waals surface area contributed by atoms with Crippen molar-refractivity contribution in [2.75, 3.05) is 0 Å². The maximum absolute atomic E-state index is 9.92. The molecule has 0 aromatic heterocycles. The number of aliphatic hydroxyl groups excluding tert-OH is 1. The van der Waals surface area contributed by atoms with Gasteiger partial charge in [-0.2, -0.15) is 0 Å². The number of hydrogen-bond acceptors (Lipinski definition) is 1. The maximum atomic E-state index is 9.92. The molecule has 0 radical (unpaired) electrons. The molecule has 1 unspecified atom stereocenters. The molecule has 1 rings (SSSR count). The zero-order chi connectivity index (χ0) is 10.4. The Labute approximate surface area is 86.1 Å². The molecule has 0 aliphatic carbocycles. The first-order chi connectivity index (χ1) is 6.79. The van der Waals surface area contributed by atoms with Crippen LogP contribution in [-0.2, 0) is 6.42 Å². The Bertz CT molecular complexity index is 291. The van der Waals surface area contributed by atoms with Gasteiger partial charge >= 0.3 is 0 Å². The second-order valence-corrected chi connectivity index (χ2v) is 3.43.